The van der Waals surface area contributed by atoms with Crippen LogP contribution in [0, 0.1) is 11.8 Å². The van der Waals surface area contributed by atoms with Crippen LogP contribution in [-0.4, -0.2) is 18.9 Å². The Hall–Kier alpha value is -0.670. The summed E-state index contributed by atoms with van der Waals surface area (Å²) in [6.07, 6.45) is 4.45. The average molecular weight is 308 g/mol. The highest BCUT2D eigenvalue weighted by molar-refractivity contribution is 9.10. The molecule has 0 bridgehead atoms. The number of ketones is 1. The van der Waals surface area contributed by atoms with Gasteiger partial charge in [-0.2, -0.15) is 0 Å². The number of carbonyl (C=O) groups is 1. The molecule has 2 aliphatic rings. The van der Waals surface area contributed by atoms with Gasteiger partial charge in [0.05, 0.1) is 0 Å². The number of benzene rings is 1. The topological polar surface area (TPSA) is 29.1 Å². The first-order chi connectivity index (χ1) is 8.75. The first-order valence-corrected chi connectivity index (χ1v) is 7.57. The van der Waals surface area contributed by atoms with Crippen LogP contribution < -0.4 is 5.32 Å². The minimum atomic E-state index is 0.224. The van der Waals surface area contributed by atoms with E-state index in [1.54, 1.807) is 0 Å². The van der Waals surface area contributed by atoms with E-state index in [2.05, 4.69) is 21.2 Å². The maximum Gasteiger partial charge on any atom is 0.166 e. The molecule has 1 unspecified atom stereocenters. The molecule has 2 nitrogen and oxygen atoms in total. The monoisotopic (exact) mass is 307 g/mol. The Bertz CT molecular complexity index is 466. The van der Waals surface area contributed by atoms with Crippen molar-refractivity contribution in [3.8, 4) is 0 Å². The lowest BCUT2D eigenvalue weighted by atomic mass is 9.86. The largest absolute Gasteiger partial charge is 0.317 e. The molecule has 0 spiro atoms. The average Bonchev–Trinajstić information content (AvgIpc) is 2.70. The van der Waals surface area contributed by atoms with E-state index in [9.17, 15) is 4.79 Å². The molecule has 1 aliphatic heterocycles. The Morgan fingerprint density at radius 2 is 2.06 bits per heavy atom. The van der Waals surface area contributed by atoms with Crippen LogP contribution >= 0.6 is 15.9 Å². The zero-order valence-corrected chi connectivity index (χ0v) is 12.0. The van der Waals surface area contributed by atoms with Crippen molar-refractivity contribution in [2.24, 2.45) is 11.8 Å². The first-order valence-electron chi connectivity index (χ1n) is 6.78. The minimum absolute atomic E-state index is 0.224. The Balaban J connectivity index is 1.73. The van der Waals surface area contributed by atoms with Gasteiger partial charge in [0.15, 0.2) is 5.78 Å². The van der Waals surface area contributed by atoms with Crippen LogP contribution in [0.15, 0.2) is 22.7 Å². The van der Waals surface area contributed by atoms with Crippen LogP contribution in [0.25, 0.3) is 0 Å². The van der Waals surface area contributed by atoms with Crippen molar-refractivity contribution >= 4 is 21.7 Å². The number of fused-ring (bicyclic) bond motifs is 1. The molecule has 1 aromatic rings. The van der Waals surface area contributed by atoms with Crippen LogP contribution in [-0.2, 0) is 6.42 Å². The quantitative estimate of drug-likeness (QED) is 0.909. The molecule has 0 amide bonds. The van der Waals surface area contributed by atoms with Gasteiger partial charge in [0.2, 0.25) is 0 Å². The van der Waals surface area contributed by atoms with Crippen molar-refractivity contribution in [2.45, 2.75) is 25.7 Å². The second-order valence-corrected chi connectivity index (χ2v) is 6.31. The van der Waals surface area contributed by atoms with E-state index in [0.717, 1.165) is 41.9 Å². The number of nitrogens with one attached hydrogen (secondary N) is 1. The Kier molecular flexibility index (Phi) is 3.53. The van der Waals surface area contributed by atoms with E-state index in [1.165, 1.54) is 18.4 Å². The summed E-state index contributed by atoms with van der Waals surface area (Å²) in [6.45, 7) is 2.23. The van der Waals surface area contributed by atoms with Crippen LogP contribution in [0.3, 0.4) is 0 Å². The van der Waals surface area contributed by atoms with Crippen molar-refractivity contribution in [3.05, 3.63) is 33.8 Å². The van der Waals surface area contributed by atoms with Crippen molar-refractivity contribution in [2.75, 3.05) is 13.1 Å². The van der Waals surface area contributed by atoms with E-state index in [1.807, 2.05) is 18.2 Å². The molecular formula is C15H18BrNO. The smallest absolute Gasteiger partial charge is 0.166 e. The lowest BCUT2D eigenvalue weighted by molar-refractivity contribution is 0.0913. The SMILES string of the molecule is O=C1c2cccc(Br)c2CC1CC1CCNCC1. The summed E-state index contributed by atoms with van der Waals surface area (Å²) in [6, 6.07) is 5.98. The van der Waals surface area contributed by atoms with Crippen LogP contribution in [0.4, 0.5) is 0 Å². The number of hydrogen-bond acceptors (Lipinski definition) is 2. The minimum Gasteiger partial charge on any atom is -0.317 e. The van der Waals surface area contributed by atoms with Gasteiger partial charge in [-0.15, -0.1) is 0 Å². The Morgan fingerprint density at radius 1 is 1.28 bits per heavy atom. The third kappa shape index (κ3) is 2.26. The summed E-state index contributed by atoms with van der Waals surface area (Å²) in [7, 11) is 0. The van der Waals surface area contributed by atoms with Gasteiger partial charge in [-0.25, -0.2) is 0 Å². The molecule has 0 radical (unpaired) electrons. The predicted octanol–water partition coefficient (Wildman–Crippen LogP) is 3.19. The summed E-state index contributed by atoms with van der Waals surface area (Å²) < 4.78 is 1.10. The molecular weight excluding hydrogens is 290 g/mol. The van der Waals surface area contributed by atoms with Crippen molar-refractivity contribution in [1.29, 1.82) is 0 Å². The molecule has 96 valence electrons. The predicted molar refractivity (Wildman–Crippen MR) is 75.9 cm³/mol. The second-order valence-electron chi connectivity index (χ2n) is 5.46. The summed E-state index contributed by atoms with van der Waals surface area (Å²) in [4.78, 5) is 12.4. The van der Waals surface area contributed by atoms with Gasteiger partial charge in [-0.1, -0.05) is 28.1 Å². The summed E-state index contributed by atoms with van der Waals surface area (Å²) in [5.74, 6) is 1.32. The number of hydrogen-bond donors (Lipinski definition) is 1. The van der Waals surface area contributed by atoms with E-state index < -0.39 is 0 Å². The van der Waals surface area contributed by atoms with Crippen LogP contribution in [0.2, 0.25) is 0 Å². The zero-order chi connectivity index (χ0) is 12.5. The van der Waals surface area contributed by atoms with Gasteiger partial charge in [-0.3, -0.25) is 4.79 Å². The Labute approximate surface area is 116 Å². The molecule has 18 heavy (non-hydrogen) atoms. The van der Waals surface area contributed by atoms with Gasteiger partial charge in [0, 0.05) is 16.0 Å². The lowest BCUT2D eigenvalue weighted by Crippen LogP contribution is -2.29. The number of rotatable bonds is 2. The van der Waals surface area contributed by atoms with Crippen LogP contribution in [0.1, 0.15) is 35.2 Å². The summed E-state index contributed by atoms with van der Waals surface area (Å²) >= 11 is 3.57. The molecule has 1 atom stereocenters. The third-order valence-corrected chi connectivity index (χ3v) is 5.03. The van der Waals surface area contributed by atoms with Gasteiger partial charge in [-0.05, 0) is 56.3 Å². The fourth-order valence-corrected chi connectivity index (χ4v) is 3.79. The maximum absolute atomic E-state index is 12.4. The van der Waals surface area contributed by atoms with Crippen molar-refractivity contribution in [1.82, 2.24) is 5.32 Å². The van der Waals surface area contributed by atoms with Crippen LogP contribution in [0.5, 0.6) is 0 Å². The summed E-state index contributed by atoms with van der Waals surface area (Å²) in [5.41, 5.74) is 2.17. The third-order valence-electron chi connectivity index (χ3n) is 4.28. The van der Waals surface area contributed by atoms with E-state index >= 15 is 0 Å². The fourth-order valence-electron chi connectivity index (χ4n) is 3.27. The maximum atomic E-state index is 12.4. The standard InChI is InChI=1S/C15H18BrNO/c16-14-3-1-2-12-13(14)9-11(15(12)18)8-10-4-6-17-7-5-10/h1-3,10-11,17H,4-9H2. The highest BCUT2D eigenvalue weighted by Crippen LogP contribution is 2.36. The molecule has 1 aromatic carbocycles. The number of Topliss-reactive ketones (excluding diaryl/α,β-unsaturated/α-hetero) is 1. The van der Waals surface area contributed by atoms with Gasteiger partial charge < -0.3 is 5.32 Å². The van der Waals surface area contributed by atoms with Gasteiger partial charge in [0.25, 0.3) is 0 Å². The lowest BCUT2D eigenvalue weighted by Gasteiger charge is -2.24. The zero-order valence-electron chi connectivity index (χ0n) is 10.4. The van der Waals surface area contributed by atoms with Crippen molar-refractivity contribution < 1.29 is 4.79 Å². The normalized spacial score (nSPS) is 24.3. The highest BCUT2D eigenvalue weighted by Gasteiger charge is 2.33. The van der Waals surface area contributed by atoms with Crippen molar-refractivity contribution in [3.63, 3.8) is 0 Å². The Morgan fingerprint density at radius 3 is 2.78 bits per heavy atom. The number of carbonyl (C=O) groups excluding carboxylic acids is 1. The summed E-state index contributed by atoms with van der Waals surface area (Å²) in [5, 5.41) is 3.38. The second kappa shape index (κ2) is 5.14. The van der Waals surface area contributed by atoms with E-state index in [-0.39, 0.29) is 5.92 Å². The molecule has 1 heterocycles. The molecule has 1 aliphatic carbocycles. The first kappa shape index (κ1) is 12.4. The molecule has 0 saturated carbocycles. The highest BCUT2D eigenvalue weighted by atomic mass is 79.9. The van der Waals surface area contributed by atoms with E-state index in [0.29, 0.717) is 5.78 Å². The number of piperidine rings is 1. The fraction of sp³-hybridized carbons (Fsp3) is 0.533. The number of halogens is 1. The molecule has 3 rings (SSSR count). The molecule has 1 N–H and O–H groups in total. The van der Waals surface area contributed by atoms with Gasteiger partial charge >= 0.3 is 0 Å². The molecule has 3 heteroatoms. The molecule has 1 saturated heterocycles. The molecule has 1 fully saturated rings. The van der Waals surface area contributed by atoms with Gasteiger partial charge in [0.1, 0.15) is 0 Å². The molecule has 0 aromatic heterocycles. The van der Waals surface area contributed by atoms with E-state index in [4.69, 9.17) is 0 Å².